The van der Waals surface area contributed by atoms with Crippen molar-refractivity contribution in [3.8, 4) is 0 Å². The Bertz CT molecular complexity index is 615. The number of hydrogen-bond donors (Lipinski definition) is 1. The molecule has 0 radical (unpaired) electrons. The van der Waals surface area contributed by atoms with Gasteiger partial charge in [-0.1, -0.05) is 13.8 Å². The number of hydrogen-bond acceptors (Lipinski definition) is 6. The standard InChI is InChI=1S/C14H20N4S2/c1-8-5-11-12(16-14(15-4)17-13(11)20-8)18-6-9(2)19-10(3)7-18/h5,9-10H,6-7H2,1-4H3,(H,15,16,17). The molecule has 1 fully saturated rings. The summed E-state index contributed by atoms with van der Waals surface area (Å²) in [7, 11) is 1.88. The summed E-state index contributed by atoms with van der Waals surface area (Å²) in [4.78, 5) is 14.1. The highest BCUT2D eigenvalue weighted by atomic mass is 32.2. The minimum Gasteiger partial charge on any atom is -0.357 e. The molecule has 0 bridgehead atoms. The van der Waals surface area contributed by atoms with Gasteiger partial charge in [-0.05, 0) is 13.0 Å². The van der Waals surface area contributed by atoms with Crippen LogP contribution in [0.15, 0.2) is 6.07 Å². The van der Waals surface area contributed by atoms with Crippen LogP contribution in [-0.2, 0) is 0 Å². The number of anilines is 2. The van der Waals surface area contributed by atoms with E-state index in [0.29, 0.717) is 16.4 Å². The highest BCUT2D eigenvalue weighted by molar-refractivity contribution is 8.00. The molecule has 108 valence electrons. The Morgan fingerprint density at radius 3 is 2.60 bits per heavy atom. The molecular formula is C14H20N4S2. The van der Waals surface area contributed by atoms with Gasteiger partial charge in [-0.3, -0.25) is 0 Å². The zero-order chi connectivity index (χ0) is 14.3. The first-order valence-electron chi connectivity index (χ1n) is 6.93. The van der Waals surface area contributed by atoms with Crippen LogP contribution in [-0.4, -0.2) is 40.6 Å². The second-order valence-corrected chi connectivity index (χ2v) is 8.48. The van der Waals surface area contributed by atoms with E-state index in [9.17, 15) is 0 Å². The Morgan fingerprint density at radius 2 is 1.95 bits per heavy atom. The summed E-state index contributed by atoms with van der Waals surface area (Å²) in [5, 5.41) is 5.56. The minimum atomic E-state index is 0.640. The van der Waals surface area contributed by atoms with Gasteiger partial charge in [0.05, 0.1) is 5.39 Å². The summed E-state index contributed by atoms with van der Waals surface area (Å²) < 4.78 is 0. The molecule has 2 unspecified atom stereocenters. The first kappa shape index (κ1) is 13.9. The van der Waals surface area contributed by atoms with Gasteiger partial charge in [0.2, 0.25) is 5.95 Å². The highest BCUT2D eigenvalue weighted by Gasteiger charge is 2.25. The molecule has 3 heterocycles. The summed E-state index contributed by atoms with van der Waals surface area (Å²) >= 11 is 3.80. The number of fused-ring (bicyclic) bond motifs is 1. The maximum atomic E-state index is 4.73. The van der Waals surface area contributed by atoms with Crippen LogP contribution in [0.25, 0.3) is 10.2 Å². The Balaban J connectivity index is 2.08. The molecule has 1 saturated heterocycles. The van der Waals surface area contributed by atoms with Gasteiger partial charge in [0.15, 0.2) is 0 Å². The van der Waals surface area contributed by atoms with Gasteiger partial charge in [-0.2, -0.15) is 16.7 Å². The minimum absolute atomic E-state index is 0.640. The van der Waals surface area contributed by atoms with Crippen LogP contribution in [0.4, 0.5) is 11.8 Å². The van der Waals surface area contributed by atoms with Crippen LogP contribution >= 0.6 is 23.1 Å². The van der Waals surface area contributed by atoms with Gasteiger partial charge in [-0.15, -0.1) is 11.3 Å². The topological polar surface area (TPSA) is 41.1 Å². The number of aryl methyl sites for hydroxylation is 1. The van der Waals surface area contributed by atoms with E-state index in [1.165, 1.54) is 10.3 Å². The predicted octanol–water partition coefficient (Wildman–Crippen LogP) is 3.37. The van der Waals surface area contributed by atoms with E-state index in [1.807, 2.05) is 7.05 Å². The van der Waals surface area contributed by atoms with Crippen molar-refractivity contribution in [2.45, 2.75) is 31.3 Å². The first-order chi connectivity index (χ1) is 9.56. The molecule has 2 aromatic rings. The largest absolute Gasteiger partial charge is 0.357 e. The van der Waals surface area contributed by atoms with E-state index < -0.39 is 0 Å². The fourth-order valence-electron chi connectivity index (χ4n) is 2.73. The predicted molar refractivity (Wildman–Crippen MR) is 90.4 cm³/mol. The first-order valence-corrected chi connectivity index (χ1v) is 8.69. The normalized spacial score (nSPS) is 23.3. The van der Waals surface area contributed by atoms with Crippen LogP contribution in [0.5, 0.6) is 0 Å². The van der Waals surface area contributed by atoms with Gasteiger partial charge in [0.1, 0.15) is 10.6 Å². The summed E-state index contributed by atoms with van der Waals surface area (Å²) in [6.07, 6.45) is 0. The molecule has 3 rings (SSSR count). The molecule has 0 saturated carbocycles. The van der Waals surface area contributed by atoms with Crippen molar-refractivity contribution >= 4 is 45.1 Å². The summed E-state index contributed by atoms with van der Waals surface area (Å²) in [6.45, 7) is 8.83. The van der Waals surface area contributed by atoms with Gasteiger partial charge >= 0.3 is 0 Å². The van der Waals surface area contributed by atoms with Crippen LogP contribution in [0.2, 0.25) is 0 Å². The molecule has 2 atom stereocenters. The van der Waals surface area contributed by atoms with E-state index in [1.54, 1.807) is 11.3 Å². The SMILES string of the molecule is CNc1nc(N2CC(C)SC(C)C2)c2cc(C)sc2n1. The molecule has 1 N–H and O–H groups in total. The van der Waals surface area contributed by atoms with Crippen LogP contribution < -0.4 is 10.2 Å². The van der Waals surface area contributed by atoms with Crippen molar-refractivity contribution in [2.75, 3.05) is 30.4 Å². The maximum absolute atomic E-state index is 4.73. The Hall–Kier alpha value is -1.01. The Labute approximate surface area is 128 Å². The van der Waals surface area contributed by atoms with Crippen molar-refractivity contribution in [2.24, 2.45) is 0 Å². The number of nitrogens with zero attached hydrogens (tertiary/aromatic N) is 3. The lowest BCUT2D eigenvalue weighted by Gasteiger charge is -2.35. The van der Waals surface area contributed by atoms with Crippen molar-refractivity contribution in [1.29, 1.82) is 0 Å². The van der Waals surface area contributed by atoms with Crippen LogP contribution in [0, 0.1) is 6.92 Å². The van der Waals surface area contributed by atoms with Gasteiger partial charge < -0.3 is 10.2 Å². The second-order valence-electron chi connectivity index (χ2n) is 5.36. The van der Waals surface area contributed by atoms with E-state index in [0.717, 1.165) is 23.7 Å². The second kappa shape index (κ2) is 5.41. The lowest BCUT2D eigenvalue weighted by molar-refractivity contribution is 0.721. The zero-order valence-corrected chi connectivity index (χ0v) is 13.9. The van der Waals surface area contributed by atoms with Gasteiger partial charge in [0.25, 0.3) is 0 Å². The number of nitrogens with one attached hydrogen (secondary N) is 1. The third-order valence-corrected chi connectivity index (χ3v) is 5.61. The molecule has 2 aromatic heterocycles. The zero-order valence-electron chi connectivity index (χ0n) is 12.3. The molecule has 4 nitrogen and oxygen atoms in total. The molecular weight excluding hydrogens is 288 g/mol. The van der Waals surface area contributed by atoms with Gasteiger partial charge in [-0.25, -0.2) is 4.98 Å². The third kappa shape index (κ3) is 2.59. The molecule has 0 amide bonds. The monoisotopic (exact) mass is 308 g/mol. The number of rotatable bonds is 2. The van der Waals surface area contributed by atoms with Gasteiger partial charge in [0, 0.05) is 35.5 Å². The van der Waals surface area contributed by atoms with Crippen LogP contribution in [0.3, 0.4) is 0 Å². The van der Waals surface area contributed by atoms with E-state index in [4.69, 9.17) is 4.98 Å². The molecule has 0 aliphatic carbocycles. The average molecular weight is 308 g/mol. The van der Waals surface area contributed by atoms with Crippen molar-refractivity contribution < 1.29 is 0 Å². The van der Waals surface area contributed by atoms with E-state index >= 15 is 0 Å². The van der Waals surface area contributed by atoms with E-state index in [2.05, 4.69) is 53.8 Å². The summed E-state index contributed by atoms with van der Waals surface area (Å²) in [6, 6.07) is 2.21. The Morgan fingerprint density at radius 1 is 1.25 bits per heavy atom. The molecule has 6 heteroatoms. The van der Waals surface area contributed by atoms with Crippen molar-refractivity contribution in [1.82, 2.24) is 9.97 Å². The number of aromatic nitrogens is 2. The molecule has 1 aliphatic heterocycles. The van der Waals surface area contributed by atoms with Crippen molar-refractivity contribution in [3.63, 3.8) is 0 Å². The maximum Gasteiger partial charge on any atom is 0.225 e. The summed E-state index contributed by atoms with van der Waals surface area (Å²) in [5.74, 6) is 1.80. The molecule has 0 aromatic carbocycles. The lowest BCUT2D eigenvalue weighted by atomic mass is 10.2. The Kier molecular flexibility index (Phi) is 3.77. The number of thiophene rings is 1. The average Bonchev–Trinajstić information content (AvgIpc) is 2.76. The highest BCUT2D eigenvalue weighted by Crippen LogP contribution is 2.35. The molecule has 0 spiro atoms. The van der Waals surface area contributed by atoms with Crippen molar-refractivity contribution in [3.05, 3.63) is 10.9 Å². The molecule has 20 heavy (non-hydrogen) atoms. The molecule has 1 aliphatic rings. The smallest absolute Gasteiger partial charge is 0.225 e. The third-order valence-electron chi connectivity index (χ3n) is 3.44. The fourth-order valence-corrected chi connectivity index (χ4v) is 4.93. The number of thioether (sulfide) groups is 1. The lowest BCUT2D eigenvalue weighted by Crippen LogP contribution is -2.41. The van der Waals surface area contributed by atoms with Crippen LogP contribution in [0.1, 0.15) is 18.7 Å². The summed E-state index contributed by atoms with van der Waals surface area (Å²) in [5.41, 5.74) is 0. The quantitative estimate of drug-likeness (QED) is 0.921. The van der Waals surface area contributed by atoms with E-state index in [-0.39, 0.29) is 0 Å². The fraction of sp³-hybridized carbons (Fsp3) is 0.571.